The topological polar surface area (TPSA) is 117 Å². The Balaban J connectivity index is 1.98. The van der Waals surface area contributed by atoms with Gasteiger partial charge in [-0.2, -0.15) is 0 Å². The summed E-state index contributed by atoms with van der Waals surface area (Å²) < 4.78 is 28.3. The molecular weight excluding hydrogens is 452 g/mol. The Hall–Kier alpha value is -3.43. The quantitative estimate of drug-likeness (QED) is 0.466. The number of nitrogens with one attached hydrogen (secondary N) is 3. The van der Waals surface area contributed by atoms with E-state index in [0.29, 0.717) is 5.69 Å². The van der Waals surface area contributed by atoms with Crippen molar-refractivity contribution in [3.05, 3.63) is 82.1 Å². The SMILES string of the molecule is CNC(=O)Nc1cccc(C(=O)c2ncc(Cl)cc2NS(=O)(=O)c2ccc(C)c(C)c2)c1. The number of benzene rings is 2. The number of halogens is 1. The van der Waals surface area contributed by atoms with Gasteiger partial charge in [-0.25, -0.2) is 18.2 Å². The van der Waals surface area contributed by atoms with Crippen LogP contribution in [0.3, 0.4) is 0 Å². The van der Waals surface area contributed by atoms with Crippen molar-refractivity contribution in [3.63, 3.8) is 0 Å². The Kier molecular flexibility index (Phi) is 6.81. The van der Waals surface area contributed by atoms with Gasteiger partial charge in [-0.05, 0) is 55.3 Å². The molecule has 0 aliphatic heterocycles. The number of carbonyl (C=O) groups excluding carboxylic acids is 2. The average Bonchev–Trinajstić information content (AvgIpc) is 2.75. The Labute approximate surface area is 191 Å². The molecule has 0 aliphatic rings. The van der Waals surface area contributed by atoms with Crippen LogP contribution in [-0.2, 0) is 10.0 Å². The number of aromatic nitrogens is 1. The van der Waals surface area contributed by atoms with E-state index in [1.807, 2.05) is 13.8 Å². The summed E-state index contributed by atoms with van der Waals surface area (Å²) >= 11 is 6.02. The predicted molar refractivity (Wildman–Crippen MR) is 124 cm³/mol. The molecule has 1 heterocycles. The van der Waals surface area contributed by atoms with Gasteiger partial charge in [0.25, 0.3) is 10.0 Å². The van der Waals surface area contributed by atoms with E-state index in [4.69, 9.17) is 11.6 Å². The minimum atomic E-state index is -4.00. The van der Waals surface area contributed by atoms with Gasteiger partial charge in [-0.3, -0.25) is 9.52 Å². The summed E-state index contributed by atoms with van der Waals surface area (Å²) in [6, 6.07) is 11.8. The zero-order valence-electron chi connectivity index (χ0n) is 17.6. The van der Waals surface area contributed by atoms with E-state index in [0.717, 1.165) is 11.1 Å². The molecule has 0 radical (unpaired) electrons. The van der Waals surface area contributed by atoms with Gasteiger partial charge in [0.05, 0.1) is 15.6 Å². The first-order valence-corrected chi connectivity index (χ1v) is 11.4. The lowest BCUT2D eigenvalue weighted by molar-refractivity contribution is 0.103. The number of rotatable bonds is 6. The first-order valence-electron chi connectivity index (χ1n) is 9.50. The number of anilines is 2. The highest BCUT2D eigenvalue weighted by atomic mass is 35.5. The van der Waals surface area contributed by atoms with Gasteiger partial charge < -0.3 is 10.6 Å². The third-order valence-corrected chi connectivity index (χ3v) is 6.28. The van der Waals surface area contributed by atoms with E-state index >= 15 is 0 Å². The monoisotopic (exact) mass is 472 g/mol. The number of pyridine rings is 1. The molecule has 0 bridgehead atoms. The second kappa shape index (κ2) is 9.37. The largest absolute Gasteiger partial charge is 0.341 e. The van der Waals surface area contributed by atoms with E-state index in [-0.39, 0.29) is 26.9 Å². The lowest BCUT2D eigenvalue weighted by atomic mass is 10.1. The van der Waals surface area contributed by atoms with Crippen LogP contribution in [0.5, 0.6) is 0 Å². The molecule has 0 spiro atoms. The van der Waals surface area contributed by atoms with Crippen molar-refractivity contribution in [3.8, 4) is 0 Å². The smallest absolute Gasteiger partial charge is 0.318 e. The number of amides is 2. The van der Waals surface area contributed by atoms with Gasteiger partial charge in [-0.1, -0.05) is 29.8 Å². The molecule has 8 nitrogen and oxygen atoms in total. The van der Waals surface area contributed by atoms with E-state index in [1.54, 1.807) is 24.3 Å². The first kappa shape index (κ1) is 23.2. The molecular formula is C22H21ClN4O4S. The highest BCUT2D eigenvalue weighted by molar-refractivity contribution is 7.92. The van der Waals surface area contributed by atoms with Crippen molar-refractivity contribution >= 4 is 44.8 Å². The minimum Gasteiger partial charge on any atom is -0.341 e. The molecule has 0 saturated carbocycles. The van der Waals surface area contributed by atoms with Crippen molar-refractivity contribution in [2.75, 3.05) is 17.1 Å². The summed E-state index contributed by atoms with van der Waals surface area (Å²) in [6.07, 6.45) is 1.26. The summed E-state index contributed by atoms with van der Waals surface area (Å²) in [5.74, 6) is -0.542. The van der Waals surface area contributed by atoms with Crippen LogP contribution in [-0.4, -0.2) is 32.3 Å². The third kappa shape index (κ3) is 5.24. The number of sulfonamides is 1. The molecule has 0 fully saturated rings. The highest BCUT2D eigenvalue weighted by Crippen LogP contribution is 2.26. The fraction of sp³-hybridized carbons (Fsp3) is 0.136. The number of hydrogen-bond acceptors (Lipinski definition) is 5. The normalized spacial score (nSPS) is 11.0. The fourth-order valence-corrected chi connectivity index (χ4v) is 4.15. The van der Waals surface area contributed by atoms with Crippen LogP contribution in [0.25, 0.3) is 0 Å². The van der Waals surface area contributed by atoms with Crippen LogP contribution in [0.15, 0.2) is 59.6 Å². The van der Waals surface area contributed by atoms with Crippen molar-refractivity contribution in [1.82, 2.24) is 10.3 Å². The Morgan fingerprint density at radius 3 is 2.44 bits per heavy atom. The van der Waals surface area contributed by atoms with E-state index < -0.39 is 21.8 Å². The molecule has 0 saturated heterocycles. The van der Waals surface area contributed by atoms with Crippen molar-refractivity contribution in [2.24, 2.45) is 0 Å². The maximum absolute atomic E-state index is 13.1. The summed E-state index contributed by atoms with van der Waals surface area (Å²) in [5, 5.41) is 5.16. The number of ketones is 1. The Morgan fingerprint density at radius 1 is 1.00 bits per heavy atom. The fourth-order valence-electron chi connectivity index (χ4n) is 2.85. The second-order valence-electron chi connectivity index (χ2n) is 7.02. The lowest BCUT2D eigenvalue weighted by Gasteiger charge is -2.13. The van der Waals surface area contributed by atoms with Crippen LogP contribution in [0.4, 0.5) is 16.2 Å². The van der Waals surface area contributed by atoms with Gasteiger partial charge in [0, 0.05) is 24.5 Å². The van der Waals surface area contributed by atoms with Gasteiger partial charge in [-0.15, -0.1) is 0 Å². The molecule has 3 rings (SSSR count). The average molecular weight is 473 g/mol. The van der Waals surface area contributed by atoms with Crippen LogP contribution >= 0.6 is 11.6 Å². The molecule has 10 heteroatoms. The summed E-state index contributed by atoms with van der Waals surface area (Å²) in [7, 11) is -2.53. The third-order valence-electron chi connectivity index (χ3n) is 4.71. The lowest BCUT2D eigenvalue weighted by Crippen LogP contribution is -2.24. The Bertz CT molecular complexity index is 1310. The number of nitrogens with zero attached hydrogens (tertiary/aromatic N) is 1. The molecule has 2 amide bonds. The van der Waals surface area contributed by atoms with Gasteiger partial charge in [0.2, 0.25) is 5.78 Å². The van der Waals surface area contributed by atoms with Gasteiger partial charge >= 0.3 is 6.03 Å². The second-order valence-corrected chi connectivity index (χ2v) is 9.13. The zero-order chi connectivity index (χ0) is 23.5. The predicted octanol–water partition coefficient (Wildman–Crippen LogP) is 4.13. The standard InChI is InChI=1S/C22H21ClN4O4S/c1-13-7-8-18(9-14(13)2)32(30,31)27-19-11-16(23)12-25-20(19)21(28)15-5-4-6-17(10-15)26-22(29)24-3/h4-12,27H,1-3H3,(H2,24,26,29). The molecule has 0 atom stereocenters. The van der Waals surface area contributed by atoms with Gasteiger partial charge in [0.15, 0.2) is 0 Å². The molecule has 3 aromatic rings. The van der Waals surface area contributed by atoms with Crippen molar-refractivity contribution < 1.29 is 18.0 Å². The zero-order valence-corrected chi connectivity index (χ0v) is 19.1. The summed E-state index contributed by atoms with van der Waals surface area (Å²) in [6.45, 7) is 3.69. The number of aryl methyl sites for hydroxylation is 2. The molecule has 0 aliphatic carbocycles. The van der Waals surface area contributed by atoms with Crippen molar-refractivity contribution in [1.29, 1.82) is 0 Å². The van der Waals surface area contributed by atoms with E-state index in [9.17, 15) is 18.0 Å². The van der Waals surface area contributed by atoms with Gasteiger partial charge in [0.1, 0.15) is 5.69 Å². The minimum absolute atomic E-state index is 0.0506. The van der Waals surface area contributed by atoms with Crippen LogP contribution in [0.2, 0.25) is 5.02 Å². The molecule has 166 valence electrons. The van der Waals surface area contributed by atoms with E-state index in [1.165, 1.54) is 37.5 Å². The van der Waals surface area contributed by atoms with Crippen LogP contribution < -0.4 is 15.4 Å². The highest BCUT2D eigenvalue weighted by Gasteiger charge is 2.22. The number of carbonyl (C=O) groups is 2. The number of hydrogen-bond donors (Lipinski definition) is 3. The molecule has 3 N–H and O–H groups in total. The summed E-state index contributed by atoms with van der Waals surface area (Å²) in [5.41, 5.74) is 2.19. The van der Waals surface area contributed by atoms with Crippen LogP contribution in [0, 0.1) is 13.8 Å². The molecule has 2 aromatic carbocycles. The number of urea groups is 1. The summed E-state index contributed by atoms with van der Waals surface area (Å²) in [4.78, 5) is 28.8. The van der Waals surface area contributed by atoms with Crippen LogP contribution in [0.1, 0.15) is 27.2 Å². The Morgan fingerprint density at radius 2 is 1.75 bits per heavy atom. The first-order chi connectivity index (χ1) is 15.1. The van der Waals surface area contributed by atoms with E-state index in [2.05, 4.69) is 20.3 Å². The maximum atomic E-state index is 13.1. The maximum Gasteiger partial charge on any atom is 0.318 e. The van der Waals surface area contributed by atoms with Crippen molar-refractivity contribution in [2.45, 2.75) is 18.7 Å². The molecule has 1 aromatic heterocycles. The molecule has 0 unspecified atom stereocenters. The molecule has 32 heavy (non-hydrogen) atoms.